The first-order valence-electron chi connectivity index (χ1n) is 6.18. The number of anilines is 1. The van der Waals surface area contributed by atoms with Gasteiger partial charge in [0, 0.05) is 6.42 Å². The monoisotopic (exact) mass is 294 g/mol. The third kappa shape index (κ3) is 4.07. The van der Waals surface area contributed by atoms with Gasteiger partial charge in [0.25, 0.3) is 0 Å². The number of nitrogens with one attached hydrogen (secondary N) is 1. The van der Waals surface area contributed by atoms with E-state index in [0.717, 1.165) is 0 Å². The Kier molecular flexibility index (Phi) is 4.90. The minimum atomic E-state index is -3.33. The van der Waals surface area contributed by atoms with E-state index in [2.05, 4.69) is 5.32 Å². The smallest absolute Gasteiger partial charge is 0.225 e. The van der Waals surface area contributed by atoms with E-state index >= 15 is 0 Å². The molecule has 0 heterocycles. The molecule has 5 nitrogen and oxygen atoms in total. The third-order valence-corrected chi connectivity index (χ3v) is 5.46. The maximum atomic E-state index is 11.9. The molecule has 0 atom stereocenters. The molecular weight excluding hydrogens is 276 g/mol. The molecule has 0 fully saturated rings. The van der Waals surface area contributed by atoms with E-state index in [-0.39, 0.29) is 12.2 Å². The number of nitrogens with zero attached hydrogens (tertiary/aromatic N) is 1. The van der Waals surface area contributed by atoms with E-state index in [1.165, 1.54) is 0 Å². The number of carbonyl (C=O) groups excluding carboxylic acids is 1. The number of hydrogen-bond acceptors (Lipinski definition) is 4. The van der Waals surface area contributed by atoms with Crippen LogP contribution in [0.25, 0.3) is 0 Å². The Morgan fingerprint density at radius 3 is 2.45 bits per heavy atom. The summed E-state index contributed by atoms with van der Waals surface area (Å²) in [6.07, 6.45) is -0.126. The molecule has 1 N–H and O–H groups in total. The number of nitriles is 1. The first-order valence-corrected chi connectivity index (χ1v) is 7.84. The molecule has 108 valence electrons. The maximum absolute atomic E-state index is 11.9. The second-order valence-corrected chi connectivity index (χ2v) is 8.25. The van der Waals surface area contributed by atoms with Crippen molar-refractivity contribution in [2.45, 2.75) is 31.9 Å². The molecule has 6 heteroatoms. The summed E-state index contributed by atoms with van der Waals surface area (Å²) >= 11 is 0. The lowest BCUT2D eigenvalue weighted by Crippen LogP contribution is -2.32. The zero-order chi connectivity index (χ0) is 15.4. The van der Waals surface area contributed by atoms with Gasteiger partial charge in [-0.3, -0.25) is 4.79 Å². The third-order valence-electron chi connectivity index (χ3n) is 2.85. The Morgan fingerprint density at radius 1 is 1.30 bits per heavy atom. The summed E-state index contributed by atoms with van der Waals surface area (Å²) in [5.74, 6) is -0.627. The molecule has 20 heavy (non-hydrogen) atoms. The molecule has 0 bridgehead atoms. The summed E-state index contributed by atoms with van der Waals surface area (Å²) in [5, 5.41) is 11.5. The molecule has 1 rings (SSSR count). The standard InChI is InChI=1S/C14H18N2O3S/c1-14(2,3)20(18,19)9-8-13(17)16-12-7-5-4-6-11(12)10-15/h4-7H,8-9H2,1-3H3,(H,16,17). The van der Waals surface area contributed by atoms with Crippen molar-refractivity contribution in [3.63, 3.8) is 0 Å². The van der Waals surface area contributed by atoms with E-state index in [9.17, 15) is 13.2 Å². The predicted molar refractivity (Wildman–Crippen MR) is 77.9 cm³/mol. The predicted octanol–water partition coefficient (Wildman–Crippen LogP) is 2.10. The van der Waals surface area contributed by atoms with Crippen molar-refractivity contribution < 1.29 is 13.2 Å². The molecule has 1 amide bonds. The van der Waals surface area contributed by atoms with Gasteiger partial charge in [0.2, 0.25) is 5.91 Å². The van der Waals surface area contributed by atoms with E-state index < -0.39 is 20.5 Å². The average molecular weight is 294 g/mol. The van der Waals surface area contributed by atoms with Gasteiger partial charge in [0.1, 0.15) is 6.07 Å². The number of sulfone groups is 1. The van der Waals surface area contributed by atoms with Gasteiger partial charge in [0.15, 0.2) is 9.84 Å². The van der Waals surface area contributed by atoms with Gasteiger partial charge in [0.05, 0.1) is 21.8 Å². The number of para-hydroxylation sites is 1. The highest BCUT2D eigenvalue weighted by molar-refractivity contribution is 7.92. The molecular formula is C14H18N2O3S. The van der Waals surface area contributed by atoms with Crippen LogP contribution in [0.2, 0.25) is 0 Å². The highest BCUT2D eigenvalue weighted by atomic mass is 32.2. The number of amides is 1. The van der Waals surface area contributed by atoms with E-state index in [1.54, 1.807) is 45.0 Å². The van der Waals surface area contributed by atoms with Crippen LogP contribution in [0.3, 0.4) is 0 Å². The lowest BCUT2D eigenvalue weighted by atomic mass is 10.2. The lowest BCUT2D eigenvalue weighted by molar-refractivity contribution is -0.115. The van der Waals surface area contributed by atoms with Crippen LogP contribution in [0, 0.1) is 11.3 Å². The van der Waals surface area contributed by atoms with Gasteiger partial charge in [-0.2, -0.15) is 5.26 Å². The minimum absolute atomic E-state index is 0.126. The van der Waals surface area contributed by atoms with Crippen molar-refractivity contribution >= 4 is 21.4 Å². The van der Waals surface area contributed by atoms with Crippen LogP contribution >= 0.6 is 0 Å². The van der Waals surface area contributed by atoms with Crippen molar-refractivity contribution in [1.29, 1.82) is 5.26 Å². The fraction of sp³-hybridized carbons (Fsp3) is 0.429. The van der Waals surface area contributed by atoms with Gasteiger partial charge in [-0.15, -0.1) is 0 Å². The van der Waals surface area contributed by atoms with Gasteiger partial charge < -0.3 is 5.32 Å². The van der Waals surface area contributed by atoms with Crippen LogP contribution < -0.4 is 5.32 Å². The molecule has 0 spiro atoms. The van der Waals surface area contributed by atoms with Crippen molar-refractivity contribution in [2.75, 3.05) is 11.1 Å². The first-order chi connectivity index (χ1) is 9.17. The normalized spacial score (nSPS) is 11.7. The second kappa shape index (κ2) is 6.06. The SMILES string of the molecule is CC(C)(C)S(=O)(=O)CCC(=O)Nc1ccccc1C#N. The number of hydrogen-bond donors (Lipinski definition) is 1. The number of rotatable bonds is 4. The summed E-state index contributed by atoms with van der Waals surface area (Å²) in [6, 6.07) is 8.54. The largest absolute Gasteiger partial charge is 0.325 e. The Balaban J connectivity index is 2.69. The second-order valence-electron chi connectivity index (χ2n) is 5.39. The molecule has 0 aliphatic heterocycles. The van der Waals surface area contributed by atoms with Gasteiger partial charge in [-0.05, 0) is 32.9 Å². The minimum Gasteiger partial charge on any atom is -0.325 e. The fourth-order valence-corrected chi connectivity index (χ4v) is 2.50. The zero-order valence-corrected chi connectivity index (χ0v) is 12.6. The van der Waals surface area contributed by atoms with Crippen LogP contribution in [-0.4, -0.2) is 24.8 Å². The number of carbonyl (C=O) groups is 1. The molecule has 0 radical (unpaired) electrons. The Bertz CT molecular complexity index is 637. The summed E-state index contributed by atoms with van der Waals surface area (Å²) < 4.78 is 22.9. The molecule has 1 aromatic carbocycles. The molecule has 0 aliphatic carbocycles. The topological polar surface area (TPSA) is 87.0 Å². The van der Waals surface area contributed by atoms with Crippen LogP contribution in [-0.2, 0) is 14.6 Å². The molecule has 0 saturated heterocycles. The van der Waals surface area contributed by atoms with E-state index in [1.807, 2.05) is 6.07 Å². The molecule has 0 aromatic heterocycles. The van der Waals surface area contributed by atoms with E-state index in [0.29, 0.717) is 11.3 Å². The molecule has 0 aliphatic rings. The van der Waals surface area contributed by atoms with E-state index in [4.69, 9.17) is 5.26 Å². The van der Waals surface area contributed by atoms with Gasteiger partial charge >= 0.3 is 0 Å². The zero-order valence-electron chi connectivity index (χ0n) is 11.8. The lowest BCUT2D eigenvalue weighted by Gasteiger charge is -2.18. The average Bonchev–Trinajstić information content (AvgIpc) is 2.36. The Labute approximate surface area is 119 Å². The summed E-state index contributed by atoms with van der Waals surface area (Å²) in [6.45, 7) is 4.81. The van der Waals surface area contributed by atoms with Crippen LogP contribution in [0.5, 0.6) is 0 Å². The van der Waals surface area contributed by atoms with Crippen molar-refractivity contribution in [3.05, 3.63) is 29.8 Å². The first kappa shape index (κ1) is 16.2. The fourth-order valence-electron chi connectivity index (χ4n) is 1.44. The van der Waals surface area contributed by atoms with Crippen molar-refractivity contribution in [3.8, 4) is 6.07 Å². The Hall–Kier alpha value is -1.87. The van der Waals surface area contributed by atoms with Crippen molar-refractivity contribution in [1.82, 2.24) is 0 Å². The van der Waals surface area contributed by atoms with Crippen LogP contribution in [0.1, 0.15) is 32.8 Å². The summed E-state index contributed by atoms with van der Waals surface area (Å²) in [5.41, 5.74) is 0.743. The Morgan fingerprint density at radius 2 is 1.90 bits per heavy atom. The molecule has 1 aromatic rings. The number of benzene rings is 1. The van der Waals surface area contributed by atoms with Crippen LogP contribution in [0.4, 0.5) is 5.69 Å². The maximum Gasteiger partial charge on any atom is 0.225 e. The summed E-state index contributed by atoms with van der Waals surface area (Å²) in [4.78, 5) is 11.8. The quantitative estimate of drug-likeness (QED) is 0.921. The summed E-state index contributed by atoms with van der Waals surface area (Å²) in [7, 11) is -3.33. The molecule has 0 unspecified atom stereocenters. The molecule has 0 saturated carbocycles. The van der Waals surface area contributed by atoms with Crippen molar-refractivity contribution in [2.24, 2.45) is 0 Å². The van der Waals surface area contributed by atoms with Gasteiger partial charge in [-0.1, -0.05) is 12.1 Å². The highest BCUT2D eigenvalue weighted by Crippen LogP contribution is 2.18. The van der Waals surface area contributed by atoms with Gasteiger partial charge in [-0.25, -0.2) is 8.42 Å². The van der Waals surface area contributed by atoms with Crippen LogP contribution in [0.15, 0.2) is 24.3 Å². The highest BCUT2D eigenvalue weighted by Gasteiger charge is 2.29.